The first kappa shape index (κ1) is 10.3. The van der Waals surface area contributed by atoms with Crippen molar-refractivity contribution in [2.75, 3.05) is 0 Å². The number of pyridine rings is 1. The van der Waals surface area contributed by atoms with Crippen LogP contribution in [-0.2, 0) is 0 Å². The molecule has 0 saturated heterocycles. The van der Waals surface area contributed by atoms with Gasteiger partial charge in [-0.3, -0.25) is 4.98 Å². The summed E-state index contributed by atoms with van der Waals surface area (Å²) >= 11 is 1.62. The molecule has 1 atom stereocenters. The van der Waals surface area contributed by atoms with Crippen molar-refractivity contribution in [1.29, 1.82) is 0 Å². The average Bonchev–Trinajstić information content (AvgIpc) is 2.64. The van der Waals surface area contributed by atoms with Crippen LogP contribution in [0.2, 0.25) is 0 Å². The van der Waals surface area contributed by atoms with Crippen LogP contribution in [0.25, 0.3) is 0 Å². The SMILES string of the molecule is Cc1ccc(C(N)c2cncc(F)c2)s1. The van der Waals surface area contributed by atoms with E-state index in [4.69, 9.17) is 5.73 Å². The third kappa shape index (κ3) is 2.22. The van der Waals surface area contributed by atoms with E-state index in [1.807, 2.05) is 19.1 Å². The molecule has 0 spiro atoms. The van der Waals surface area contributed by atoms with Gasteiger partial charge in [0, 0.05) is 16.0 Å². The summed E-state index contributed by atoms with van der Waals surface area (Å²) in [5.74, 6) is -0.351. The van der Waals surface area contributed by atoms with Crippen LogP contribution in [0.1, 0.15) is 21.4 Å². The highest BCUT2D eigenvalue weighted by molar-refractivity contribution is 7.12. The maximum atomic E-state index is 12.9. The Morgan fingerprint density at radius 1 is 1.40 bits per heavy atom. The Morgan fingerprint density at radius 2 is 2.20 bits per heavy atom. The number of nitrogens with two attached hydrogens (primary N) is 1. The van der Waals surface area contributed by atoms with Gasteiger partial charge >= 0.3 is 0 Å². The van der Waals surface area contributed by atoms with Gasteiger partial charge in [0.05, 0.1) is 12.2 Å². The Hall–Kier alpha value is -1.26. The van der Waals surface area contributed by atoms with Gasteiger partial charge in [0.1, 0.15) is 5.82 Å². The largest absolute Gasteiger partial charge is 0.320 e. The van der Waals surface area contributed by atoms with E-state index in [1.165, 1.54) is 17.1 Å². The number of rotatable bonds is 2. The fourth-order valence-corrected chi connectivity index (χ4v) is 2.29. The molecule has 15 heavy (non-hydrogen) atoms. The van der Waals surface area contributed by atoms with E-state index in [0.717, 1.165) is 4.88 Å². The maximum Gasteiger partial charge on any atom is 0.141 e. The van der Waals surface area contributed by atoms with Crippen molar-refractivity contribution in [2.45, 2.75) is 13.0 Å². The second-order valence-corrected chi connectivity index (χ2v) is 4.68. The number of hydrogen-bond acceptors (Lipinski definition) is 3. The first-order valence-corrected chi connectivity index (χ1v) is 5.41. The summed E-state index contributed by atoms with van der Waals surface area (Å²) in [6.45, 7) is 2.02. The second kappa shape index (κ2) is 4.08. The molecule has 78 valence electrons. The number of thiophene rings is 1. The summed E-state index contributed by atoms with van der Waals surface area (Å²) in [6, 6.07) is 5.11. The molecule has 2 N–H and O–H groups in total. The van der Waals surface area contributed by atoms with Crippen LogP contribution >= 0.6 is 11.3 Å². The highest BCUT2D eigenvalue weighted by Gasteiger charge is 2.11. The van der Waals surface area contributed by atoms with Crippen LogP contribution in [0.3, 0.4) is 0 Å². The molecule has 2 heterocycles. The van der Waals surface area contributed by atoms with Crippen molar-refractivity contribution < 1.29 is 4.39 Å². The van der Waals surface area contributed by atoms with Gasteiger partial charge in [0.15, 0.2) is 0 Å². The van der Waals surface area contributed by atoms with Gasteiger partial charge in [-0.05, 0) is 30.7 Å². The molecule has 0 aromatic carbocycles. The van der Waals surface area contributed by atoms with Crippen LogP contribution in [0, 0.1) is 12.7 Å². The molecule has 2 nitrogen and oxygen atoms in total. The average molecular weight is 222 g/mol. The van der Waals surface area contributed by atoms with E-state index >= 15 is 0 Å². The first-order chi connectivity index (χ1) is 7.16. The highest BCUT2D eigenvalue weighted by atomic mass is 32.1. The molecule has 0 radical (unpaired) electrons. The summed E-state index contributed by atoms with van der Waals surface area (Å²) in [7, 11) is 0. The Kier molecular flexibility index (Phi) is 2.79. The molecule has 0 aliphatic rings. The smallest absolute Gasteiger partial charge is 0.141 e. The van der Waals surface area contributed by atoms with Crippen LogP contribution in [0.15, 0.2) is 30.6 Å². The van der Waals surface area contributed by atoms with E-state index in [0.29, 0.717) is 5.56 Å². The van der Waals surface area contributed by atoms with Crippen LogP contribution in [-0.4, -0.2) is 4.98 Å². The van der Waals surface area contributed by atoms with E-state index in [-0.39, 0.29) is 11.9 Å². The van der Waals surface area contributed by atoms with Gasteiger partial charge in [-0.2, -0.15) is 0 Å². The molecule has 2 rings (SSSR count). The molecule has 0 bridgehead atoms. The number of halogens is 1. The minimum absolute atomic E-state index is 0.285. The maximum absolute atomic E-state index is 12.9. The highest BCUT2D eigenvalue weighted by Crippen LogP contribution is 2.25. The lowest BCUT2D eigenvalue weighted by atomic mass is 10.1. The van der Waals surface area contributed by atoms with Gasteiger partial charge in [-0.25, -0.2) is 4.39 Å². The summed E-state index contributed by atoms with van der Waals surface area (Å²) in [5, 5.41) is 0. The van der Waals surface area contributed by atoms with Gasteiger partial charge in [0.25, 0.3) is 0 Å². The number of hydrogen-bond donors (Lipinski definition) is 1. The van der Waals surface area contributed by atoms with Crippen LogP contribution in [0.4, 0.5) is 4.39 Å². The lowest BCUT2D eigenvalue weighted by Crippen LogP contribution is -2.10. The molecule has 2 aromatic rings. The third-order valence-electron chi connectivity index (χ3n) is 2.15. The van der Waals surface area contributed by atoms with Crippen molar-refractivity contribution in [3.63, 3.8) is 0 Å². The zero-order valence-electron chi connectivity index (χ0n) is 8.27. The van der Waals surface area contributed by atoms with Gasteiger partial charge in [0.2, 0.25) is 0 Å². The molecule has 0 fully saturated rings. The summed E-state index contributed by atoms with van der Waals surface area (Å²) in [6.07, 6.45) is 2.78. The molecule has 0 aliphatic carbocycles. The van der Waals surface area contributed by atoms with Crippen molar-refractivity contribution in [1.82, 2.24) is 4.98 Å². The summed E-state index contributed by atoms with van der Waals surface area (Å²) in [4.78, 5) is 6.01. The zero-order chi connectivity index (χ0) is 10.8. The number of aryl methyl sites for hydroxylation is 1. The molecule has 1 unspecified atom stereocenters. The van der Waals surface area contributed by atoms with Crippen LogP contribution < -0.4 is 5.73 Å². The second-order valence-electron chi connectivity index (χ2n) is 3.36. The first-order valence-electron chi connectivity index (χ1n) is 4.59. The Morgan fingerprint density at radius 3 is 2.80 bits per heavy atom. The number of aromatic nitrogens is 1. The molecular weight excluding hydrogens is 211 g/mol. The summed E-state index contributed by atoms with van der Waals surface area (Å²) < 4.78 is 12.9. The fraction of sp³-hybridized carbons (Fsp3) is 0.182. The van der Waals surface area contributed by atoms with Crippen molar-refractivity contribution in [2.24, 2.45) is 5.73 Å². The normalized spacial score (nSPS) is 12.7. The predicted octanol–water partition coefficient (Wildman–Crippen LogP) is 2.64. The topological polar surface area (TPSA) is 38.9 Å². The zero-order valence-corrected chi connectivity index (χ0v) is 9.09. The molecule has 0 aliphatic heterocycles. The molecule has 0 saturated carbocycles. The minimum atomic E-state index is -0.351. The fourth-order valence-electron chi connectivity index (χ4n) is 1.38. The van der Waals surface area contributed by atoms with Gasteiger partial charge in [-0.15, -0.1) is 11.3 Å². The van der Waals surface area contributed by atoms with E-state index < -0.39 is 0 Å². The number of nitrogens with zero attached hydrogens (tertiary/aromatic N) is 1. The van der Waals surface area contributed by atoms with Crippen molar-refractivity contribution >= 4 is 11.3 Å². The Bertz CT molecular complexity index is 467. The van der Waals surface area contributed by atoms with E-state index in [2.05, 4.69) is 4.98 Å². The van der Waals surface area contributed by atoms with E-state index in [9.17, 15) is 4.39 Å². The quantitative estimate of drug-likeness (QED) is 0.848. The Balaban J connectivity index is 2.32. The van der Waals surface area contributed by atoms with Crippen molar-refractivity contribution in [3.8, 4) is 0 Å². The molecule has 0 amide bonds. The van der Waals surface area contributed by atoms with Crippen molar-refractivity contribution in [3.05, 3.63) is 51.7 Å². The van der Waals surface area contributed by atoms with Gasteiger partial charge in [-0.1, -0.05) is 0 Å². The molecule has 2 aromatic heterocycles. The monoisotopic (exact) mass is 222 g/mol. The third-order valence-corrected chi connectivity index (χ3v) is 3.24. The molecular formula is C11H11FN2S. The van der Waals surface area contributed by atoms with Gasteiger partial charge < -0.3 is 5.73 Å². The molecule has 4 heteroatoms. The Labute approximate surface area is 91.6 Å². The van der Waals surface area contributed by atoms with E-state index in [1.54, 1.807) is 17.5 Å². The lowest BCUT2D eigenvalue weighted by Gasteiger charge is -2.08. The summed E-state index contributed by atoms with van der Waals surface area (Å²) in [5.41, 5.74) is 6.71. The predicted molar refractivity (Wildman–Crippen MR) is 59.3 cm³/mol. The van der Waals surface area contributed by atoms with Crippen LogP contribution in [0.5, 0.6) is 0 Å². The standard InChI is InChI=1S/C11H11FN2S/c1-7-2-3-10(15-7)11(13)8-4-9(12)6-14-5-8/h2-6,11H,13H2,1H3. The lowest BCUT2D eigenvalue weighted by molar-refractivity contribution is 0.616. The minimum Gasteiger partial charge on any atom is -0.320 e.